The monoisotopic (exact) mass is 304 g/mol. The van der Waals surface area contributed by atoms with E-state index in [2.05, 4.69) is 74.6 Å². The molecule has 3 heteroatoms. The van der Waals surface area contributed by atoms with Gasteiger partial charge < -0.3 is 9.13 Å². The van der Waals surface area contributed by atoms with Gasteiger partial charge in [0.05, 0.1) is 0 Å². The lowest BCUT2D eigenvalue weighted by atomic mass is 10.2. The van der Waals surface area contributed by atoms with E-state index in [-0.39, 0.29) is 0 Å². The maximum absolute atomic E-state index is 3.87. The fourth-order valence-corrected chi connectivity index (χ4v) is 8.82. The lowest BCUT2D eigenvalue weighted by Gasteiger charge is -2.48. The van der Waals surface area contributed by atoms with E-state index in [1.54, 1.807) is 0 Å². The molecule has 0 saturated heterocycles. The minimum absolute atomic E-state index is 1.12. The van der Waals surface area contributed by atoms with Crippen molar-refractivity contribution in [3.63, 3.8) is 0 Å². The van der Waals surface area contributed by atoms with Gasteiger partial charge in [0.1, 0.15) is 0 Å². The zero-order valence-electron chi connectivity index (χ0n) is 14.5. The van der Waals surface area contributed by atoms with E-state index >= 15 is 0 Å². The number of benzene rings is 1. The van der Waals surface area contributed by atoms with Crippen molar-refractivity contribution in [1.82, 2.24) is 9.13 Å². The largest absolute Gasteiger partial charge is 0.309 e. The molecule has 0 aliphatic rings. The summed E-state index contributed by atoms with van der Waals surface area (Å²) in [7, 11) is -1.81. The van der Waals surface area contributed by atoms with Gasteiger partial charge in [-0.25, -0.2) is 0 Å². The molecule has 0 aromatic heterocycles. The summed E-state index contributed by atoms with van der Waals surface area (Å²) in [5.74, 6) is 0. The molecular weight excluding hydrogens is 272 g/mol. The minimum Gasteiger partial charge on any atom is -0.309 e. The summed E-state index contributed by atoms with van der Waals surface area (Å²) in [5, 5.41) is 1.53. The van der Waals surface area contributed by atoms with Gasteiger partial charge in [0.15, 0.2) is 0 Å². The Kier molecular flexibility index (Phi) is 7.36. The van der Waals surface area contributed by atoms with Crippen LogP contribution in [0.4, 0.5) is 0 Å². The normalized spacial score (nSPS) is 12.1. The Balaban J connectivity index is 3.42. The lowest BCUT2D eigenvalue weighted by Crippen LogP contribution is -2.72. The second kappa shape index (κ2) is 8.52. The molecule has 0 heterocycles. The van der Waals surface area contributed by atoms with Gasteiger partial charge in [-0.05, 0) is 43.0 Å². The van der Waals surface area contributed by atoms with Gasteiger partial charge in [-0.3, -0.25) is 0 Å². The van der Waals surface area contributed by atoms with E-state index < -0.39 is 8.40 Å². The predicted octanol–water partition coefficient (Wildman–Crippen LogP) is 3.68. The van der Waals surface area contributed by atoms with Crippen LogP contribution in [0.25, 0.3) is 6.08 Å². The first kappa shape index (κ1) is 18.1. The van der Waals surface area contributed by atoms with E-state index in [9.17, 15) is 0 Å². The second-order valence-electron chi connectivity index (χ2n) is 5.34. The molecule has 1 aromatic carbocycles. The van der Waals surface area contributed by atoms with Gasteiger partial charge in [0, 0.05) is 0 Å². The Hall–Kier alpha value is -0.903. The third kappa shape index (κ3) is 3.47. The maximum atomic E-state index is 3.87. The summed E-state index contributed by atoms with van der Waals surface area (Å²) in [5.41, 5.74) is 1.21. The Morgan fingerprint density at radius 1 is 0.857 bits per heavy atom. The van der Waals surface area contributed by atoms with Crippen LogP contribution in [0.3, 0.4) is 0 Å². The van der Waals surface area contributed by atoms with Crippen LogP contribution < -0.4 is 5.19 Å². The fraction of sp³-hybridized carbons (Fsp3) is 0.556. The highest BCUT2D eigenvalue weighted by Gasteiger charge is 2.43. The molecule has 2 nitrogen and oxygen atoms in total. The molecule has 1 rings (SSSR count). The molecule has 0 bridgehead atoms. The molecule has 0 aliphatic carbocycles. The van der Waals surface area contributed by atoms with Crippen LogP contribution in [0, 0.1) is 0 Å². The molecule has 0 fully saturated rings. The number of hydrogen-bond acceptors (Lipinski definition) is 2. The molecule has 0 unspecified atom stereocenters. The first-order valence-electron chi connectivity index (χ1n) is 8.37. The molecule has 0 amide bonds. The lowest BCUT2D eigenvalue weighted by molar-refractivity contribution is 0.362. The summed E-state index contributed by atoms with van der Waals surface area (Å²) < 4.78 is 5.45. The molecule has 21 heavy (non-hydrogen) atoms. The van der Waals surface area contributed by atoms with Gasteiger partial charge in [0.25, 0.3) is 0 Å². The Labute approximate surface area is 132 Å². The molecule has 0 saturated carbocycles. The molecule has 1 aromatic rings. The van der Waals surface area contributed by atoms with Crippen molar-refractivity contribution in [3.05, 3.63) is 36.4 Å². The third-order valence-electron chi connectivity index (χ3n) is 4.67. The Morgan fingerprint density at radius 3 is 1.57 bits per heavy atom. The predicted molar refractivity (Wildman–Crippen MR) is 98.2 cm³/mol. The molecule has 0 spiro atoms. The van der Waals surface area contributed by atoms with E-state index in [0.29, 0.717) is 0 Å². The highest BCUT2D eigenvalue weighted by Crippen LogP contribution is 2.21. The molecule has 0 aliphatic heterocycles. The zero-order chi connectivity index (χ0) is 15.9. The average Bonchev–Trinajstić information content (AvgIpc) is 2.55. The van der Waals surface area contributed by atoms with Gasteiger partial charge in [0.2, 0.25) is 8.40 Å². The Morgan fingerprint density at radius 2 is 1.29 bits per heavy atom. The van der Waals surface area contributed by atoms with Gasteiger partial charge in [-0.1, -0.05) is 71.5 Å². The molecular formula is C18H32N2Si. The van der Waals surface area contributed by atoms with E-state index in [4.69, 9.17) is 0 Å². The van der Waals surface area contributed by atoms with Crippen LogP contribution >= 0.6 is 0 Å². The van der Waals surface area contributed by atoms with E-state index in [0.717, 1.165) is 26.2 Å². The van der Waals surface area contributed by atoms with Gasteiger partial charge in [-0.2, -0.15) is 0 Å². The van der Waals surface area contributed by atoms with Gasteiger partial charge in [-0.15, -0.1) is 0 Å². The van der Waals surface area contributed by atoms with Crippen LogP contribution in [-0.2, 0) is 0 Å². The summed E-state index contributed by atoms with van der Waals surface area (Å²) in [6.07, 6.45) is 1.92. The van der Waals surface area contributed by atoms with Crippen molar-refractivity contribution in [1.29, 1.82) is 0 Å². The first-order chi connectivity index (χ1) is 10.1. The topological polar surface area (TPSA) is 6.48 Å². The highest BCUT2D eigenvalue weighted by atomic mass is 28.3. The van der Waals surface area contributed by atoms with Crippen LogP contribution in [0.15, 0.2) is 30.8 Å². The molecule has 0 N–H and O–H groups in total. The Bertz CT molecular complexity index is 407. The quantitative estimate of drug-likeness (QED) is 0.642. The van der Waals surface area contributed by atoms with Crippen molar-refractivity contribution >= 4 is 19.7 Å². The molecule has 118 valence electrons. The first-order valence-corrected chi connectivity index (χ1v) is 10.5. The SMILES string of the molecule is C=Cc1ccc([Si](CC)(N(CC)CC)N(CC)CC)cc1. The van der Waals surface area contributed by atoms with Crippen LogP contribution in [-0.4, -0.2) is 43.7 Å². The van der Waals surface area contributed by atoms with Gasteiger partial charge >= 0.3 is 0 Å². The van der Waals surface area contributed by atoms with Crippen molar-refractivity contribution in [3.8, 4) is 0 Å². The summed E-state index contributed by atoms with van der Waals surface area (Å²) >= 11 is 0. The number of nitrogens with zero attached hydrogens (tertiary/aromatic N) is 2. The molecule has 0 radical (unpaired) electrons. The number of rotatable bonds is 9. The van der Waals surface area contributed by atoms with Crippen molar-refractivity contribution in [2.45, 2.75) is 40.7 Å². The standard InChI is InChI=1S/C18H32N2Si/c1-7-17-13-15-18(16-14-17)21(12-6,19(8-2)9-3)20(10-4)11-5/h7,13-16H,1,8-12H2,2-6H3. The van der Waals surface area contributed by atoms with E-state index in [1.807, 2.05) is 6.08 Å². The number of hydrogen-bond donors (Lipinski definition) is 0. The van der Waals surface area contributed by atoms with Crippen molar-refractivity contribution in [2.24, 2.45) is 0 Å². The smallest absolute Gasteiger partial charge is 0.239 e. The average molecular weight is 305 g/mol. The van der Waals surface area contributed by atoms with Crippen LogP contribution in [0.5, 0.6) is 0 Å². The summed E-state index contributed by atoms with van der Waals surface area (Å²) in [6, 6.07) is 10.3. The third-order valence-corrected chi connectivity index (χ3v) is 10.3. The minimum atomic E-state index is -1.81. The highest BCUT2D eigenvalue weighted by molar-refractivity contribution is 6.87. The zero-order valence-corrected chi connectivity index (χ0v) is 15.5. The van der Waals surface area contributed by atoms with Crippen molar-refractivity contribution < 1.29 is 0 Å². The van der Waals surface area contributed by atoms with E-state index in [1.165, 1.54) is 16.8 Å². The maximum Gasteiger partial charge on any atom is 0.239 e. The second-order valence-corrected chi connectivity index (χ2v) is 9.52. The van der Waals surface area contributed by atoms with Crippen LogP contribution in [0.1, 0.15) is 40.2 Å². The fourth-order valence-electron chi connectivity index (χ4n) is 3.60. The summed E-state index contributed by atoms with van der Waals surface area (Å²) in [4.78, 5) is 0. The van der Waals surface area contributed by atoms with Crippen LogP contribution in [0.2, 0.25) is 6.04 Å². The van der Waals surface area contributed by atoms with Crippen molar-refractivity contribution in [2.75, 3.05) is 26.2 Å². The molecule has 0 atom stereocenters. The summed E-state index contributed by atoms with van der Waals surface area (Å²) in [6.45, 7) is 19.9.